The van der Waals surface area contributed by atoms with Gasteiger partial charge in [0.1, 0.15) is 11.9 Å². The summed E-state index contributed by atoms with van der Waals surface area (Å²) in [7, 11) is 1.73. The monoisotopic (exact) mass is 306 g/mol. The van der Waals surface area contributed by atoms with Gasteiger partial charge in [0.2, 0.25) is 0 Å². The molecule has 0 bridgehead atoms. The van der Waals surface area contributed by atoms with Crippen LogP contribution in [-0.4, -0.2) is 31.0 Å². The first-order chi connectivity index (χ1) is 10.0. The predicted octanol–water partition coefficient (Wildman–Crippen LogP) is 3.94. The van der Waals surface area contributed by atoms with Gasteiger partial charge in [-0.15, -0.1) is 0 Å². The lowest BCUT2D eigenvalue weighted by atomic mass is 9.77. The van der Waals surface area contributed by atoms with Gasteiger partial charge in [0.15, 0.2) is 0 Å². The molecular weight excluding hydrogens is 276 g/mol. The third kappa shape index (κ3) is 3.47. The molecule has 0 aliphatic carbocycles. The molecule has 2 atom stereocenters. The molecule has 1 aromatic rings. The van der Waals surface area contributed by atoms with E-state index in [1.54, 1.807) is 7.11 Å². The average Bonchev–Trinajstić information content (AvgIpc) is 2.33. The molecule has 2 unspecified atom stereocenters. The molecule has 1 N–H and O–H groups in total. The third-order valence-electron chi connectivity index (χ3n) is 4.41. The fourth-order valence-corrected chi connectivity index (χ4v) is 2.91. The lowest BCUT2D eigenvalue weighted by Crippen LogP contribution is -2.47. The van der Waals surface area contributed by atoms with Crippen LogP contribution in [0.1, 0.15) is 58.2 Å². The molecule has 1 saturated heterocycles. The van der Waals surface area contributed by atoms with Crippen LogP contribution in [0.25, 0.3) is 0 Å². The molecule has 3 heteroatoms. The number of hydrogen-bond donors (Lipinski definition) is 1. The minimum Gasteiger partial charge on any atom is -0.507 e. The van der Waals surface area contributed by atoms with E-state index in [4.69, 9.17) is 9.47 Å². The average molecular weight is 306 g/mol. The van der Waals surface area contributed by atoms with Crippen LogP contribution in [0.2, 0.25) is 0 Å². The first-order valence-electron chi connectivity index (χ1n) is 8.05. The molecule has 2 rings (SSSR count). The maximum Gasteiger partial charge on any atom is 0.123 e. The largest absolute Gasteiger partial charge is 0.507 e. The van der Waals surface area contributed by atoms with Crippen molar-refractivity contribution in [2.24, 2.45) is 0 Å². The number of phenolic OH excluding ortho intramolecular Hbond substituents is 1. The standard InChI is InChI=1S/C19H30O3/c1-18(2,3)13-8-12(10-15-16(21-7)11-22-15)9-14(17(13)20)19(4,5)6/h8-9,15-16,20H,10-11H2,1-7H3. The molecule has 22 heavy (non-hydrogen) atoms. The van der Waals surface area contributed by atoms with Gasteiger partial charge < -0.3 is 14.6 Å². The molecule has 1 aliphatic rings. The van der Waals surface area contributed by atoms with Crippen LogP contribution < -0.4 is 0 Å². The smallest absolute Gasteiger partial charge is 0.123 e. The van der Waals surface area contributed by atoms with Crippen molar-refractivity contribution in [2.45, 2.75) is 71.0 Å². The summed E-state index contributed by atoms with van der Waals surface area (Å²) in [5.41, 5.74) is 3.02. The van der Waals surface area contributed by atoms with E-state index in [-0.39, 0.29) is 23.0 Å². The number of benzene rings is 1. The molecule has 1 heterocycles. The van der Waals surface area contributed by atoms with E-state index in [9.17, 15) is 5.11 Å². The van der Waals surface area contributed by atoms with Crippen LogP contribution in [0, 0.1) is 0 Å². The Balaban J connectivity index is 2.42. The number of ether oxygens (including phenoxy) is 2. The molecule has 3 nitrogen and oxygen atoms in total. The highest BCUT2D eigenvalue weighted by Gasteiger charge is 2.33. The Morgan fingerprint density at radius 1 is 1.09 bits per heavy atom. The summed E-state index contributed by atoms with van der Waals surface area (Å²) < 4.78 is 11.0. The topological polar surface area (TPSA) is 38.7 Å². The first-order valence-corrected chi connectivity index (χ1v) is 8.05. The zero-order valence-corrected chi connectivity index (χ0v) is 15.0. The number of methoxy groups -OCH3 is 1. The van der Waals surface area contributed by atoms with Gasteiger partial charge in [0.05, 0.1) is 12.7 Å². The van der Waals surface area contributed by atoms with Crippen molar-refractivity contribution in [3.05, 3.63) is 28.8 Å². The quantitative estimate of drug-likeness (QED) is 0.919. The molecule has 1 aromatic carbocycles. The maximum absolute atomic E-state index is 10.7. The van der Waals surface area contributed by atoms with E-state index in [2.05, 4.69) is 53.7 Å². The van der Waals surface area contributed by atoms with Gasteiger partial charge in [-0.1, -0.05) is 53.7 Å². The molecular formula is C19H30O3. The van der Waals surface area contributed by atoms with E-state index < -0.39 is 0 Å². The summed E-state index contributed by atoms with van der Waals surface area (Å²) in [6, 6.07) is 4.25. The van der Waals surface area contributed by atoms with E-state index in [0.29, 0.717) is 12.4 Å². The maximum atomic E-state index is 10.7. The van der Waals surface area contributed by atoms with Crippen LogP contribution in [0.3, 0.4) is 0 Å². The molecule has 0 radical (unpaired) electrons. The predicted molar refractivity (Wildman–Crippen MR) is 89.7 cm³/mol. The van der Waals surface area contributed by atoms with Crippen LogP contribution in [0.4, 0.5) is 0 Å². The van der Waals surface area contributed by atoms with Crippen molar-refractivity contribution in [3.8, 4) is 5.75 Å². The fraction of sp³-hybridized carbons (Fsp3) is 0.684. The summed E-state index contributed by atoms with van der Waals surface area (Å²) in [5.74, 6) is 0.432. The summed E-state index contributed by atoms with van der Waals surface area (Å²) in [6.45, 7) is 13.5. The van der Waals surface area contributed by atoms with Gasteiger partial charge in [-0.2, -0.15) is 0 Å². The Morgan fingerprint density at radius 3 is 1.91 bits per heavy atom. The van der Waals surface area contributed by atoms with Crippen LogP contribution >= 0.6 is 0 Å². The number of hydrogen-bond acceptors (Lipinski definition) is 3. The van der Waals surface area contributed by atoms with E-state index in [1.165, 1.54) is 5.56 Å². The summed E-state index contributed by atoms with van der Waals surface area (Å²) in [5, 5.41) is 10.7. The molecule has 1 fully saturated rings. The van der Waals surface area contributed by atoms with E-state index >= 15 is 0 Å². The van der Waals surface area contributed by atoms with Crippen molar-refractivity contribution in [1.82, 2.24) is 0 Å². The van der Waals surface area contributed by atoms with Crippen molar-refractivity contribution >= 4 is 0 Å². The third-order valence-corrected chi connectivity index (χ3v) is 4.41. The van der Waals surface area contributed by atoms with Gasteiger partial charge >= 0.3 is 0 Å². The highest BCUT2D eigenvalue weighted by Crippen LogP contribution is 2.40. The van der Waals surface area contributed by atoms with Gasteiger partial charge in [-0.05, 0) is 27.5 Å². The fourth-order valence-electron chi connectivity index (χ4n) is 2.91. The molecule has 1 aliphatic heterocycles. The van der Waals surface area contributed by atoms with Crippen molar-refractivity contribution < 1.29 is 14.6 Å². The Labute approximate surface area is 134 Å². The second-order valence-corrected chi connectivity index (χ2v) is 8.39. The second kappa shape index (κ2) is 5.86. The SMILES string of the molecule is COC1COC1Cc1cc(C(C)(C)C)c(O)c(C(C)(C)C)c1. The minimum atomic E-state index is -0.0960. The molecule has 0 aromatic heterocycles. The summed E-state index contributed by atoms with van der Waals surface area (Å²) in [4.78, 5) is 0. The minimum absolute atomic E-state index is 0.0960. The van der Waals surface area contributed by atoms with E-state index in [1.807, 2.05) is 0 Å². The van der Waals surface area contributed by atoms with Gasteiger partial charge in [0.25, 0.3) is 0 Å². The lowest BCUT2D eigenvalue weighted by Gasteiger charge is -2.36. The first kappa shape index (κ1) is 17.3. The lowest BCUT2D eigenvalue weighted by molar-refractivity contribution is -0.174. The van der Waals surface area contributed by atoms with Crippen molar-refractivity contribution in [2.75, 3.05) is 13.7 Å². The van der Waals surface area contributed by atoms with Crippen LogP contribution in [0.15, 0.2) is 12.1 Å². The van der Waals surface area contributed by atoms with Gasteiger partial charge in [-0.3, -0.25) is 0 Å². The number of aromatic hydroxyl groups is 1. The molecule has 0 amide bonds. The molecule has 0 spiro atoms. The Kier molecular flexibility index (Phi) is 4.61. The Bertz CT molecular complexity index is 498. The zero-order chi connectivity index (χ0) is 16.7. The van der Waals surface area contributed by atoms with Gasteiger partial charge in [0, 0.05) is 13.5 Å². The van der Waals surface area contributed by atoms with E-state index in [0.717, 1.165) is 17.5 Å². The van der Waals surface area contributed by atoms with Crippen molar-refractivity contribution in [1.29, 1.82) is 0 Å². The normalized spacial score (nSPS) is 22.5. The Morgan fingerprint density at radius 2 is 1.59 bits per heavy atom. The summed E-state index contributed by atoms with van der Waals surface area (Å²) >= 11 is 0. The number of rotatable bonds is 3. The second-order valence-electron chi connectivity index (χ2n) is 8.39. The zero-order valence-electron chi connectivity index (χ0n) is 15.0. The molecule has 124 valence electrons. The van der Waals surface area contributed by atoms with Crippen molar-refractivity contribution in [3.63, 3.8) is 0 Å². The van der Waals surface area contributed by atoms with Crippen LogP contribution in [0.5, 0.6) is 5.75 Å². The van der Waals surface area contributed by atoms with Crippen LogP contribution in [-0.2, 0) is 26.7 Å². The summed E-state index contributed by atoms with van der Waals surface area (Å²) in [6.07, 6.45) is 1.13. The van der Waals surface area contributed by atoms with Gasteiger partial charge in [-0.25, -0.2) is 0 Å². The molecule has 0 saturated carbocycles. The highest BCUT2D eigenvalue weighted by atomic mass is 16.6. The Hall–Kier alpha value is -1.06. The number of phenols is 1. The highest BCUT2D eigenvalue weighted by molar-refractivity contribution is 5.50.